The predicted molar refractivity (Wildman–Crippen MR) is 114 cm³/mol. The van der Waals surface area contributed by atoms with Gasteiger partial charge in [-0.25, -0.2) is 0 Å². The van der Waals surface area contributed by atoms with E-state index in [0.29, 0.717) is 30.0 Å². The summed E-state index contributed by atoms with van der Waals surface area (Å²) in [5.41, 5.74) is 0.595. The summed E-state index contributed by atoms with van der Waals surface area (Å²) in [4.78, 5) is 36.0. The van der Waals surface area contributed by atoms with E-state index in [9.17, 15) is 19.7 Å². The Balaban J connectivity index is 1.81. The normalized spacial score (nSPS) is 15.9. The van der Waals surface area contributed by atoms with Crippen LogP contribution in [0.5, 0.6) is 5.75 Å². The first-order chi connectivity index (χ1) is 15.0. The molecule has 0 bridgehead atoms. The van der Waals surface area contributed by atoms with E-state index >= 15 is 0 Å². The highest BCUT2D eigenvalue weighted by Crippen LogP contribution is 2.17. The Morgan fingerprint density at radius 3 is 2.68 bits per heavy atom. The molecule has 1 aliphatic rings. The lowest BCUT2D eigenvalue weighted by molar-refractivity contribution is -0.384. The maximum Gasteiger partial charge on any atom is 0.270 e. The molecule has 1 heterocycles. The molecule has 3 rings (SSSR count). The van der Waals surface area contributed by atoms with Gasteiger partial charge < -0.3 is 20.1 Å². The quantitative estimate of drug-likeness (QED) is 0.381. The van der Waals surface area contributed by atoms with Gasteiger partial charge in [0.15, 0.2) is 0 Å². The number of amides is 2. The number of non-ortho nitro benzene ring substituents is 1. The SMILES string of the molecule is COc1ccc(C(=O)N/C(=C\c2cccc([N+](=O)[O-])c2)C(=O)NC[C@H]2CCCO2)cc1. The van der Waals surface area contributed by atoms with Crippen molar-refractivity contribution in [3.8, 4) is 5.75 Å². The van der Waals surface area contributed by atoms with Gasteiger partial charge in [0.25, 0.3) is 17.5 Å². The number of carbonyl (C=O) groups is 2. The third-order valence-corrected chi connectivity index (χ3v) is 4.75. The minimum Gasteiger partial charge on any atom is -0.497 e. The van der Waals surface area contributed by atoms with Crippen molar-refractivity contribution in [2.45, 2.75) is 18.9 Å². The molecule has 1 fully saturated rings. The third kappa shape index (κ3) is 6.13. The second-order valence-corrected chi connectivity index (χ2v) is 6.94. The van der Waals surface area contributed by atoms with Crippen LogP contribution < -0.4 is 15.4 Å². The molecule has 2 aromatic carbocycles. The zero-order valence-corrected chi connectivity index (χ0v) is 17.0. The number of methoxy groups -OCH3 is 1. The zero-order chi connectivity index (χ0) is 22.2. The molecule has 2 aromatic rings. The Morgan fingerprint density at radius 1 is 1.26 bits per heavy atom. The summed E-state index contributed by atoms with van der Waals surface area (Å²) in [5, 5.41) is 16.4. The van der Waals surface area contributed by atoms with Crippen molar-refractivity contribution in [3.05, 3.63) is 75.5 Å². The molecule has 1 saturated heterocycles. The fourth-order valence-electron chi connectivity index (χ4n) is 3.10. The lowest BCUT2D eigenvalue weighted by atomic mass is 10.1. The van der Waals surface area contributed by atoms with Crippen LogP contribution >= 0.6 is 0 Å². The Morgan fingerprint density at radius 2 is 2.03 bits per heavy atom. The van der Waals surface area contributed by atoms with E-state index in [1.54, 1.807) is 30.3 Å². The Hall–Kier alpha value is -3.72. The van der Waals surface area contributed by atoms with Crippen molar-refractivity contribution in [1.29, 1.82) is 0 Å². The van der Waals surface area contributed by atoms with E-state index < -0.39 is 16.7 Å². The van der Waals surface area contributed by atoms with Crippen LogP contribution in [0.25, 0.3) is 6.08 Å². The van der Waals surface area contributed by atoms with Crippen molar-refractivity contribution in [3.63, 3.8) is 0 Å². The van der Waals surface area contributed by atoms with Crippen LogP contribution in [-0.2, 0) is 9.53 Å². The van der Waals surface area contributed by atoms with Crippen molar-refractivity contribution in [2.75, 3.05) is 20.3 Å². The summed E-state index contributed by atoms with van der Waals surface area (Å²) in [5.74, 6) is -0.409. The molecule has 0 aliphatic carbocycles. The molecule has 162 valence electrons. The molecule has 0 radical (unpaired) electrons. The number of ether oxygens (including phenoxy) is 2. The molecule has 9 nitrogen and oxygen atoms in total. The fourth-order valence-corrected chi connectivity index (χ4v) is 3.10. The maximum atomic E-state index is 12.8. The monoisotopic (exact) mass is 425 g/mol. The molecule has 2 amide bonds. The second-order valence-electron chi connectivity index (χ2n) is 6.94. The number of nitrogens with one attached hydrogen (secondary N) is 2. The van der Waals surface area contributed by atoms with E-state index in [1.165, 1.54) is 31.4 Å². The van der Waals surface area contributed by atoms with E-state index in [1.807, 2.05) is 0 Å². The van der Waals surface area contributed by atoms with Crippen LogP contribution in [0.1, 0.15) is 28.8 Å². The summed E-state index contributed by atoms with van der Waals surface area (Å²) in [6.45, 7) is 0.967. The summed E-state index contributed by atoms with van der Waals surface area (Å²) >= 11 is 0. The standard InChI is InChI=1S/C22H23N3O6/c1-30-18-9-7-16(8-10-18)21(26)24-20(22(27)23-14-19-6-3-11-31-19)13-15-4-2-5-17(12-15)25(28)29/h2,4-5,7-10,12-13,19H,3,6,11,14H2,1H3,(H,23,27)(H,24,26)/b20-13-/t19-/m1/s1. The number of benzene rings is 2. The molecule has 0 saturated carbocycles. The number of hydrogen-bond donors (Lipinski definition) is 2. The number of rotatable bonds is 8. The van der Waals surface area contributed by atoms with Gasteiger partial charge >= 0.3 is 0 Å². The number of nitrogens with zero attached hydrogens (tertiary/aromatic N) is 1. The third-order valence-electron chi connectivity index (χ3n) is 4.75. The topological polar surface area (TPSA) is 120 Å². The van der Waals surface area contributed by atoms with Gasteiger partial charge in [0.1, 0.15) is 11.4 Å². The first-order valence-corrected chi connectivity index (χ1v) is 9.77. The van der Waals surface area contributed by atoms with E-state index in [0.717, 1.165) is 12.8 Å². The molecule has 2 N–H and O–H groups in total. The Bertz CT molecular complexity index is 981. The second kappa shape index (κ2) is 10.4. The van der Waals surface area contributed by atoms with Crippen LogP contribution in [0, 0.1) is 10.1 Å². The van der Waals surface area contributed by atoms with Gasteiger partial charge in [-0.1, -0.05) is 12.1 Å². The summed E-state index contributed by atoms with van der Waals surface area (Å²) in [6, 6.07) is 12.2. The van der Waals surface area contributed by atoms with Crippen LogP contribution in [0.3, 0.4) is 0 Å². The van der Waals surface area contributed by atoms with Gasteiger partial charge in [-0.05, 0) is 48.7 Å². The summed E-state index contributed by atoms with van der Waals surface area (Å²) in [7, 11) is 1.52. The van der Waals surface area contributed by atoms with Crippen LogP contribution in [-0.4, -0.2) is 43.1 Å². The van der Waals surface area contributed by atoms with E-state index in [4.69, 9.17) is 9.47 Å². The van der Waals surface area contributed by atoms with Crippen LogP contribution in [0.2, 0.25) is 0 Å². The van der Waals surface area contributed by atoms with Gasteiger partial charge in [-0.2, -0.15) is 0 Å². The lowest BCUT2D eigenvalue weighted by Crippen LogP contribution is -2.38. The largest absolute Gasteiger partial charge is 0.497 e. The predicted octanol–water partition coefficient (Wildman–Crippen LogP) is 2.67. The number of carbonyl (C=O) groups excluding carboxylic acids is 2. The van der Waals surface area contributed by atoms with Gasteiger partial charge in [-0.15, -0.1) is 0 Å². The van der Waals surface area contributed by atoms with Crippen molar-refractivity contribution >= 4 is 23.6 Å². The minimum absolute atomic E-state index is 0.0284. The molecule has 0 spiro atoms. The molecular formula is C22H23N3O6. The molecule has 1 atom stereocenters. The highest BCUT2D eigenvalue weighted by atomic mass is 16.6. The highest BCUT2D eigenvalue weighted by molar-refractivity contribution is 6.05. The van der Waals surface area contributed by atoms with Gasteiger partial charge in [0, 0.05) is 30.8 Å². The number of nitro groups is 1. The summed E-state index contributed by atoms with van der Waals surface area (Å²) < 4.78 is 10.6. The van der Waals surface area contributed by atoms with Crippen LogP contribution in [0.15, 0.2) is 54.2 Å². The average molecular weight is 425 g/mol. The first kappa shape index (κ1) is 22.0. The molecular weight excluding hydrogens is 402 g/mol. The number of nitro benzene ring substituents is 1. The van der Waals surface area contributed by atoms with Gasteiger partial charge in [0.05, 0.1) is 18.1 Å². The minimum atomic E-state index is -0.523. The molecule has 0 unspecified atom stereocenters. The smallest absolute Gasteiger partial charge is 0.270 e. The van der Waals surface area contributed by atoms with Crippen molar-refractivity contribution in [2.24, 2.45) is 0 Å². The Labute approximate surface area is 179 Å². The number of hydrogen-bond acceptors (Lipinski definition) is 6. The van der Waals surface area contributed by atoms with E-state index in [2.05, 4.69) is 10.6 Å². The fraction of sp³-hybridized carbons (Fsp3) is 0.273. The lowest BCUT2D eigenvalue weighted by Gasteiger charge is -2.14. The average Bonchev–Trinajstić information content (AvgIpc) is 3.31. The zero-order valence-electron chi connectivity index (χ0n) is 17.0. The van der Waals surface area contributed by atoms with Crippen molar-refractivity contribution < 1.29 is 24.0 Å². The molecule has 31 heavy (non-hydrogen) atoms. The molecule has 1 aliphatic heterocycles. The molecule has 9 heteroatoms. The Kier molecular flexibility index (Phi) is 7.34. The van der Waals surface area contributed by atoms with Gasteiger partial charge in [-0.3, -0.25) is 19.7 Å². The van der Waals surface area contributed by atoms with Crippen LogP contribution in [0.4, 0.5) is 5.69 Å². The van der Waals surface area contributed by atoms with Crippen molar-refractivity contribution in [1.82, 2.24) is 10.6 Å². The van der Waals surface area contributed by atoms with E-state index in [-0.39, 0.29) is 17.5 Å². The molecule has 0 aromatic heterocycles. The highest BCUT2D eigenvalue weighted by Gasteiger charge is 2.19. The maximum absolute atomic E-state index is 12.8. The first-order valence-electron chi connectivity index (χ1n) is 9.77. The van der Waals surface area contributed by atoms with Gasteiger partial charge in [0.2, 0.25) is 0 Å². The summed E-state index contributed by atoms with van der Waals surface area (Å²) in [6.07, 6.45) is 3.12.